The number of nitrogens with zero attached hydrogens (tertiary/aromatic N) is 2. The number of nitro benzene ring substituents is 1. The Morgan fingerprint density at radius 2 is 1.96 bits per heavy atom. The number of ether oxygens (including phenoxy) is 1. The van der Waals surface area contributed by atoms with Gasteiger partial charge in [-0.2, -0.15) is 0 Å². The van der Waals surface area contributed by atoms with Crippen molar-refractivity contribution in [3.63, 3.8) is 0 Å². The maximum Gasteiger partial charge on any atom is 0.352 e. The van der Waals surface area contributed by atoms with Crippen molar-refractivity contribution in [2.45, 2.75) is 39.2 Å². The first-order chi connectivity index (χ1) is 12.9. The van der Waals surface area contributed by atoms with Gasteiger partial charge < -0.3 is 14.4 Å². The van der Waals surface area contributed by atoms with Gasteiger partial charge in [-0.3, -0.25) is 19.7 Å². The van der Waals surface area contributed by atoms with E-state index in [-0.39, 0.29) is 22.4 Å². The van der Waals surface area contributed by atoms with Crippen LogP contribution in [0.5, 0.6) is 11.5 Å². The van der Waals surface area contributed by atoms with Crippen molar-refractivity contribution >= 4 is 11.5 Å². The van der Waals surface area contributed by atoms with Crippen LogP contribution in [0, 0.1) is 10.1 Å². The molecule has 1 aromatic heterocycles. The topological polar surface area (TPSA) is 112 Å². The second-order valence-corrected chi connectivity index (χ2v) is 6.11. The molecular formula is C19H22N2O6. The molecule has 0 aliphatic heterocycles. The van der Waals surface area contributed by atoms with Crippen LogP contribution in [0.3, 0.4) is 0 Å². The fourth-order valence-corrected chi connectivity index (χ4v) is 2.79. The number of carbonyl (C=O) groups is 1. The molecule has 27 heavy (non-hydrogen) atoms. The van der Waals surface area contributed by atoms with Crippen molar-refractivity contribution in [1.82, 2.24) is 4.57 Å². The molecule has 2 rings (SSSR count). The third-order valence-corrected chi connectivity index (χ3v) is 4.26. The van der Waals surface area contributed by atoms with Crippen molar-refractivity contribution in [3.8, 4) is 11.5 Å². The zero-order valence-electron chi connectivity index (χ0n) is 15.3. The zero-order chi connectivity index (χ0) is 20.0. The Bertz CT molecular complexity index is 904. The first-order valence-corrected chi connectivity index (χ1v) is 8.70. The number of hydrogen-bond acceptors (Lipinski definition) is 6. The number of carbonyl (C=O) groups excluding carboxylic acids is 1. The van der Waals surface area contributed by atoms with Crippen molar-refractivity contribution in [3.05, 3.63) is 62.1 Å². The van der Waals surface area contributed by atoms with Crippen LogP contribution in [0.4, 0.5) is 5.69 Å². The van der Waals surface area contributed by atoms with Crippen LogP contribution in [0.15, 0.2) is 35.3 Å². The van der Waals surface area contributed by atoms with Gasteiger partial charge in [0.05, 0.1) is 17.6 Å². The van der Waals surface area contributed by atoms with Crippen LogP contribution >= 0.6 is 0 Å². The van der Waals surface area contributed by atoms with Gasteiger partial charge in [-0.1, -0.05) is 26.2 Å². The summed E-state index contributed by atoms with van der Waals surface area (Å²) in [7, 11) is 1.23. The number of phenols is 1. The Labute approximate surface area is 156 Å². The number of nitro groups is 1. The predicted molar refractivity (Wildman–Crippen MR) is 99.6 cm³/mol. The number of ketones is 1. The summed E-state index contributed by atoms with van der Waals surface area (Å²) in [6, 6.07) is 5.15. The van der Waals surface area contributed by atoms with E-state index in [1.807, 2.05) is 0 Å². The summed E-state index contributed by atoms with van der Waals surface area (Å²) in [5.74, 6) is -1.51. The van der Waals surface area contributed by atoms with Gasteiger partial charge in [0.25, 0.3) is 5.56 Å². The molecule has 1 aromatic carbocycles. The largest absolute Gasteiger partial charge is 0.501 e. The number of unbranched alkanes of at least 4 members (excludes halogenated alkanes) is 3. The lowest BCUT2D eigenvalue weighted by molar-refractivity contribution is -0.386. The normalized spacial score (nSPS) is 10.6. The molecule has 0 saturated heterocycles. The van der Waals surface area contributed by atoms with E-state index in [2.05, 4.69) is 6.92 Å². The van der Waals surface area contributed by atoms with Crippen molar-refractivity contribution < 1.29 is 19.6 Å². The minimum atomic E-state index is -0.806. The molecule has 0 aliphatic rings. The molecule has 0 unspecified atom stereocenters. The molecular weight excluding hydrogens is 352 g/mol. The molecule has 144 valence electrons. The summed E-state index contributed by atoms with van der Waals surface area (Å²) in [4.78, 5) is 35.1. The zero-order valence-corrected chi connectivity index (χ0v) is 15.3. The van der Waals surface area contributed by atoms with E-state index in [0.717, 1.165) is 25.7 Å². The van der Waals surface area contributed by atoms with E-state index in [0.29, 0.717) is 6.54 Å². The van der Waals surface area contributed by atoms with Crippen LogP contribution in [-0.2, 0) is 6.54 Å². The van der Waals surface area contributed by atoms with E-state index in [9.17, 15) is 24.8 Å². The maximum atomic E-state index is 12.7. The first kappa shape index (κ1) is 20.2. The number of aromatic nitrogens is 1. The van der Waals surface area contributed by atoms with Gasteiger partial charge in [0.1, 0.15) is 0 Å². The molecule has 2 aromatic rings. The SMILES string of the molecule is CCCCCCn1cc(C(=O)c2ccc(OC)c([N+](=O)[O-])c2O)ccc1=O. The van der Waals surface area contributed by atoms with E-state index in [1.165, 1.54) is 42.1 Å². The minimum absolute atomic E-state index is 0.144. The Kier molecular flexibility index (Phi) is 6.70. The van der Waals surface area contributed by atoms with Crippen LogP contribution in [-0.4, -0.2) is 27.5 Å². The molecule has 0 atom stereocenters. The highest BCUT2D eigenvalue weighted by atomic mass is 16.6. The van der Waals surface area contributed by atoms with Gasteiger partial charge >= 0.3 is 5.69 Å². The van der Waals surface area contributed by atoms with Gasteiger partial charge in [-0.15, -0.1) is 0 Å². The predicted octanol–water partition coefficient (Wildman–Crippen LogP) is 3.28. The van der Waals surface area contributed by atoms with Crippen LogP contribution in [0.25, 0.3) is 0 Å². The molecule has 8 heteroatoms. The number of hydrogen-bond donors (Lipinski definition) is 1. The number of aryl methyl sites for hydroxylation is 1. The number of methoxy groups -OCH3 is 1. The maximum absolute atomic E-state index is 12.7. The molecule has 0 saturated carbocycles. The highest BCUT2D eigenvalue weighted by Gasteiger charge is 2.27. The summed E-state index contributed by atoms with van der Waals surface area (Å²) >= 11 is 0. The van der Waals surface area contributed by atoms with E-state index in [1.54, 1.807) is 0 Å². The Morgan fingerprint density at radius 3 is 2.59 bits per heavy atom. The fourth-order valence-electron chi connectivity index (χ4n) is 2.79. The van der Waals surface area contributed by atoms with Crippen molar-refractivity contribution in [1.29, 1.82) is 0 Å². The van der Waals surface area contributed by atoms with Gasteiger partial charge in [-0.25, -0.2) is 0 Å². The Balaban J connectivity index is 2.37. The lowest BCUT2D eigenvalue weighted by atomic mass is 10.0. The van der Waals surface area contributed by atoms with Crippen LogP contribution in [0.2, 0.25) is 0 Å². The average Bonchev–Trinajstić information content (AvgIpc) is 2.65. The second-order valence-electron chi connectivity index (χ2n) is 6.11. The smallest absolute Gasteiger partial charge is 0.352 e. The number of pyridine rings is 1. The second kappa shape index (κ2) is 8.98. The summed E-state index contributed by atoms with van der Waals surface area (Å²) in [5, 5.41) is 21.4. The summed E-state index contributed by atoms with van der Waals surface area (Å²) in [6.07, 6.45) is 5.35. The minimum Gasteiger partial charge on any atom is -0.501 e. The van der Waals surface area contributed by atoms with Gasteiger partial charge in [-0.05, 0) is 24.6 Å². The molecule has 8 nitrogen and oxygen atoms in total. The quantitative estimate of drug-likeness (QED) is 0.312. The Hall–Kier alpha value is -3.16. The molecule has 0 aliphatic carbocycles. The molecule has 0 amide bonds. The van der Waals surface area contributed by atoms with Crippen molar-refractivity contribution in [2.75, 3.05) is 7.11 Å². The molecule has 0 fully saturated rings. The third-order valence-electron chi connectivity index (χ3n) is 4.26. The fraction of sp³-hybridized carbons (Fsp3) is 0.368. The lowest BCUT2D eigenvalue weighted by Gasteiger charge is -2.10. The Morgan fingerprint density at radius 1 is 1.22 bits per heavy atom. The van der Waals surface area contributed by atoms with Crippen molar-refractivity contribution in [2.24, 2.45) is 0 Å². The first-order valence-electron chi connectivity index (χ1n) is 8.70. The summed E-state index contributed by atoms with van der Waals surface area (Å²) in [6.45, 7) is 2.57. The molecule has 0 bridgehead atoms. The number of phenolic OH excluding ortho intramolecular Hbond substituents is 1. The van der Waals surface area contributed by atoms with E-state index >= 15 is 0 Å². The van der Waals surface area contributed by atoms with Crippen LogP contribution < -0.4 is 10.3 Å². The third kappa shape index (κ3) is 4.52. The lowest BCUT2D eigenvalue weighted by Crippen LogP contribution is -2.20. The molecule has 1 heterocycles. The van der Waals surface area contributed by atoms with E-state index in [4.69, 9.17) is 4.74 Å². The van der Waals surface area contributed by atoms with E-state index < -0.39 is 22.1 Å². The number of aromatic hydroxyl groups is 1. The number of benzene rings is 1. The van der Waals surface area contributed by atoms with Gasteiger partial charge in [0.15, 0.2) is 5.78 Å². The van der Waals surface area contributed by atoms with Gasteiger partial charge in [0, 0.05) is 24.4 Å². The summed E-state index contributed by atoms with van der Waals surface area (Å²) < 4.78 is 6.31. The molecule has 0 spiro atoms. The van der Waals surface area contributed by atoms with Gasteiger partial charge in [0.2, 0.25) is 11.5 Å². The van der Waals surface area contributed by atoms with Crippen LogP contribution in [0.1, 0.15) is 48.5 Å². The molecule has 1 N–H and O–H groups in total. The number of rotatable bonds is 9. The highest BCUT2D eigenvalue weighted by Crippen LogP contribution is 2.39. The average molecular weight is 374 g/mol. The highest BCUT2D eigenvalue weighted by molar-refractivity contribution is 6.11. The standard InChI is InChI=1S/C19H22N2O6/c1-3-4-5-6-11-20-12-13(7-10-16(20)22)18(23)14-8-9-15(27-2)17(19(14)24)21(25)26/h7-10,12,24H,3-6,11H2,1-2H3. The molecule has 0 radical (unpaired) electrons. The monoisotopic (exact) mass is 374 g/mol. The summed E-state index contributed by atoms with van der Waals surface area (Å²) in [5.41, 5.74) is -0.956.